The first-order valence-electron chi connectivity index (χ1n) is 8.10. The van der Waals surface area contributed by atoms with Crippen molar-refractivity contribution in [1.82, 2.24) is 4.90 Å². The quantitative estimate of drug-likeness (QED) is 0.619. The fraction of sp³-hybridized carbons (Fsp3) is 0.316. The summed E-state index contributed by atoms with van der Waals surface area (Å²) in [5.74, 6) is -0.147. The van der Waals surface area contributed by atoms with Gasteiger partial charge >= 0.3 is 0 Å². The van der Waals surface area contributed by atoms with Crippen molar-refractivity contribution in [3.8, 4) is 0 Å². The van der Waals surface area contributed by atoms with Crippen LogP contribution in [0.3, 0.4) is 0 Å². The fourth-order valence-electron chi connectivity index (χ4n) is 2.90. The van der Waals surface area contributed by atoms with Crippen molar-refractivity contribution >= 4 is 11.6 Å². The number of rotatable bonds is 7. The Morgan fingerprint density at radius 2 is 1.88 bits per heavy atom. The van der Waals surface area contributed by atoms with E-state index >= 15 is 0 Å². The fourth-order valence-corrected chi connectivity index (χ4v) is 2.90. The molecule has 0 spiro atoms. The lowest BCUT2D eigenvalue weighted by Crippen LogP contribution is -2.33. The molecule has 1 amide bonds. The number of likely N-dealkylation sites (N-methyl/N-ethyl adjacent to an activating group) is 1. The van der Waals surface area contributed by atoms with Crippen molar-refractivity contribution in [2.75, 3.05) is 13.7 Å². The molecule has 0 saturated carbocycles. The summed E-state index contributed by atoms with van der Waals surface area (Å²) in [5, 5.41) is 20.4. The summed E-state index contributed by atoms with van der Waals surface area (Å²) < 4.78 is 0. The van der Waals surface area contributed by atoms with Crippen molar-refractivity contribution in [2.24, 2.45) is 0 Å². The molecule has 0 radical (unpaired) electrons. The van der Waals surface area contributed by atoms with Crippen LogP contribution in [0.2, 0.25) is 0 Å². The van der Waals surface area contributed by atoms with Gasteiger partial charge in [-0.15, -0.1) is 0 Å². The third-order valence-electron chi connectivity index (χ3n) is 4.40. The number of aliphatic hydroxyl groups is 1. The van der Waals surface area contributed by atoms with Crippen molar-refractivity contribution in [3.63, 3.8) is 0 Å². The summed E-state index contributed by atoms with van der Waals surface area (Å²) in [5.41, 5.74) is 2.11. The van der Waals surface area contributed by atoms with E-state index < -0.39 is 4.92 Å². The van der Waals surface area contributed by atoms with E-state index in [2.05, 4.69) is 0 Å². The highest BCUT2D eigenvalue weighted by Crippen LogP contribution is 2.25. The molecule has 1 unspecified atom stereocenters. The smallest absolute Gasteiger partial charge is 0.272 e. The zero-order valence-electron chi connectivity index (χ0n) is 14.4. The highest BCUT2D eigenvalue weighted by atomic mass is 16.6. The number of benzene rings is 2. The predicted molar refractivity (Wildman–Crippen MR) is 95.2 cm³/mol. The molecule has 0 aliphatic rings. The number of nitro benzene ring substituents is 1. The molecule has 0 heterocycles. The summed E-state index contributed by atoms with van der Waals surface area (Å²) in [6, 6.07) is 14.0. The standard InChI is InChI=1S/C19H22N2O4/c1-14-16(9-6-10-17(14)21(24)25)13-19(23)20(2)18(11-12-22)15-7-4-3-5-8-15/h3-10,18,22H,11-13H2,1-2H3. The molecule has 0 aromatic heterocycles. The predicted octanol–water partition coefficient (Wildman–Crippen LogP) is 3.03. The number of carbonyl (C=O) groups is 1. The minimum absolute atomic E-state index is 0.0166. The van der Waals surface area contributed by atoms with Crippen LogP contribution in [0.1, 0.15) is 29.2 Å². The Bertz CT molecular complexity index is 746. The van der Waals surface area contributed by atoms with E-state index in [0.717, 1.165) is 5.56 Å². The van der Waals surface area contributed by atoms with Crippen molar-refractivity contribution in [3.05, 3.63) is 75.3 Å². The molecule has 6 nitrogen and oxygen atoms in total. The van der Waals surface area contributed by atoms with E-state index in [9.17, 15) is 20.0 Å². The van der Waals surface area contributed by atoms with Gasteiger partial charge in [0.05, 0.1) is 17.4 Å². The Kier molecular flexibility index (Phi) is 6.25. The summed E-state index contributed by atoms with van der Waals surface area (Å²) in [4.78, 5) is 24.9. The summed E-state index contributed by atoms with van der Waals surface area (Å²) >= 11 is 0. The number of hydrogen-bond acceptors (Lipinski definition) is 4. The second-order valence-corrected chi connectivity index (χ2v) is 5.94. The zero-order chi connectivity index (χ0) is 18.4. The Hall–Kier alpha value is -2.73. The molecule has 1 N–H and O–H groups in total. The molecule has 0 aliphatic heterocycles. The number of nitro groups is 1. The molecular formula is C19H22N2O4. The van der Waals surface area contributed by atoms with Crippen molar-refractivity contribution < 1.29 is 14.8 Å². The number of carbonyl (C=O) groups excluding carboxylic acids is 1. The maximum absolute atomic E-state index is 12.7. The minimum Gasteiger partial charge on any atom is -0.396 e. The Morgan fingerprint density at radius 3 is 2.48 bits per heavy atom. The third-order valence-corrected chi connectivity index (χ3v) is 4.40. The van der Waals surface area contributed by atoms with E-state index in [1.54, 1.807) is 31.0 Å². The van der Waals surface area contributed by atoms with Crippen molar-refractivity contribution in [1.29, 1.82) is 0 Å². The van der Waals surface area contributed by atoms with Gasteiger partial charge in [0.15, 0.2) is 0 Å². The van der Waals surface area contributed by atoms with Crippen LogP contribution in [0.15, 0.2) is 48.5 Å². The molecule has 2 aromatic rings. The van der Waals surface area contributed by atoms with Gasteiger partial charge in [-0.2, -0.15) is 0 Å². The first-order chi connectivity index (χ1) is 12.0. The molecule has 25 heavy (non-hydrogen) atoms. The first-order valence-corrected chi connectivity index (χ1v) is 8.10. The number of amides is 1. The summed E-state index contributed by atoms with van der Waals surface area (Å²) in [6.45, 7) is 1.62. The van der Waals surface area contributed by atoms with Gasteiger partial charge in [0.25, 0.3) is 5.69 Å². The monoisotopic (exact) mass is 342 g/mol. The average Bonchev–Trinajstić information content (AvgIpc) is 2.61. The van der Waals surface area contributed by atoms with Gasteiger partial charge in [-0.25, -0.2) is 0 Å². The van der Waals surface area contributed by atoms with E-state index in [0.29, 0.717) is 17.5 Å². The van der Waals surface area contributed by atoms with Crippen LogP contribution in [-0.2, 0) is 11.2 Å². The number of hydrogen-bond donors (Lipinski definition) is 1. The zero-order valence-corrected chi connectivity index (χ0v) is 14.4. The maximum atomic E-state index is 12.7. The van der Waals surface area contributed by atoms with Crippen LogP contribution in [0.25, 0.3) is 0 Å². The SMILES string of the molecule is Cc1c(CC(=O)N(C)C(CCO)c2ccccc2)cccc1[N+](=O)[O-]. The van der Waals surface area contributed by atoms with Crippen LogP contribution in [0.4, 0.5) is 5.69 Å². The van der Waals surface area contributed by atoms with Gasteiger partial charge in [0.2, 0.25) is 5.91 Å². The summed E-state index contributed by atoms with van der Waals surface area (Å²) in [7, 11) is 1.70. The number of nitrogens with zero attached hydrogens (tertiary/aromatic N) is 2. The lowest BCUT2D eigenvalue weighted by Gasteiger charge is -2.28. The van der Waals surface area contributed by atoms with E-state index in [-0.39, 0.29) is 30.7 Å². The highest BCUT2D eigenvalue weighted by molar-refractivity contribution is 5.79. The van der Waals surface area contributed by atoms with Crippen LogP contribution >= 0.6 is 0 Å². The maximum Gasteiger partial charge on any atom is 0.272 e. The Labute approximate surface area is 146 Å². The molecule has 2 rings (SSSR count). The van der Waals surface area contributed by atoms with Gasteiger partial charge in [0, 0.05) is 25.3 Å². The van der Waals surface area contributed by atoms with Crippen LogP contribution in [0.5, 0.6) is 0 Å². The van der Waals surface area contributed by atoms with Crippen LogP contribution in [0, 0.1) is 17.0 Å². The normalized spacial score (nSPS) is 11.8. The lowest BCUT2D eigenvalue weighted by molar-refractivity contribution is -0.385. The van der Waals surface area contributed by atoms with Gasteiger partial charge < -0.3 is 10.0 Å². The highest BCUT2D eigenvalue weighted by Gasteiger charge is 2.23. The molecular weight excluding hydrogens is 320 g/mol. The molecule has 132 valence electrons. The molecule has 1 atom stereocenters. The molecule has 6 heteroatoms. The molecule has 0 saturated heterocycles. The third kappa shape index (κ3) is 4.42. The van der Waals surface area contributed by atoms with Crippen LogP contribution in [-0.4, -0.2) is 34.5 Å². The molecule has 0 fully saturated rings. The van der Waals surface area contributed by atoms with E-state index in [4.69, 9.17) is 0 Å². The number of aliphatic hydroxyl groups excluding tert-OH is 1. The largest absolute Gasteiger partial charge is 0.396 e. The molecule has 0 aliphatic carbocycles. The average molecular weight is 342 g/mol. The minimum atomic E-state index is -0.439. The molecule has 2 aromatic carbocycles. The first kappa shape index (κ1) is 18.6. The topological polar surface area (TPSA) is 83.7 Å². The van der Waals surface area contributed by atoms with Crippen LogP contribution < -0.4 is 0 Å². The van der Waals surface area contributed by atoms with Crippen molar-refractivity contribution in [2.45, 2.75) is 25.8 Å². The Morgan fingerprint density at radius 1 is 1.20 bits per heavy atom. The van der Waals surface area contributed by atoms with E-state index in [1.165, 1.54) is 6.07 Å². The van der Waals surface area contributed by atoms with E-state index in [1.807, 2.05) is 30.3 Å². The Balaban J connectivity index is 2.21. The summed E-state index contributed by atoms with van der Waals surface area (Å²) in [6.07, 6.45) is 0.513. The second-order valence-electron chi connectivity index (χ2n) is 5.94. The second kappa shape index (κ2) is 8.39. The van der Waals surface area contributed by atoms with Gasteiger partial charge in [-0.3, -0.25) is 14.9 Å². The van der Waals surface area contributed by atoms with Gasteiger partial charge in [-0.05, 0) is 24.5 Å². The van der Waals surface area contributed by atoms with Gasteiger partial charge in [0.1, 0.15) is 0 Å². The lowest BCUT2D eigenvalue weighted by atomic mass is 10.00. The molecule has 0 bridgehead atoms. The van der Waals surface area contributed by atoms with Gasteiger partial charge in [-0.1, -0.05) is 42.5 Å².